The van der Waals surface area contributed by atoms with Gasteiger partial charge in [-0.15, -0.1) is 0 Å². The highest BCUT2D eigenvalue weighted by Crippen LogP contribution is 2.31. The molecule has 0 saturated heterocycles. The largest absolute Gasteiger partial charge is 0.485 e. The van der Waals surface area contributed by atoms with E-state index in [4.69, 9.17) is 4.74 Å². The number of aromatic nitrogens is 2. The molecule has 126 valence electrons. The van der Waals surface area contributed by atoms with E-state index >= 15 is 0 Å². The summed E-state index contributed by atoms with van der Waals surface area (Å²) in [4.78, 5) is 14.4. The van der Waals surface area contributed by atoms with Crippen LogP contribution in [0.5, 0.6) is 5.75 Å². The van der Waals surface area contributed by atoms with Crippen LogP contribution in [0.4, 0.5) is 0 Å². The average molecular weight is 333 g/mol. The summed E-state index contributed by atoms with van der Waals surface area (Å²) in [5.74, 6) is 0.467. The van der Waals surface area contributed by atoms with Crippen LogP contribution in [0.25, 0.3) is 0 Å². The van der Waals surface area contributed by atoms with Crippen LogP contribution in [0.2, 0.25) is 0 Å². The molecule has 1 aliphatic rings. The van der Waals surface area contributed by atoms with Crippen molar-refractivity contribution in [3.8, 4) is 5.75 Å². The van der Waals surface area contributed by atoms with Crippen LogP contribution in [0, 0.1) is 0 Å². The number of nitrogens with zero attached hydrogens (tertiary/aromatic N) is 3. The lowest BCUT2D eigenvalue weighted by molar-refractivity contribution is 0.0717. The minimum absolute atomic E-state index is 0.00650. The van der Waals surface area contributed by atoms with Crippen LogP contribution in [-0.4, -0.2) is 34.2 Å². The second kappa shape index (κ2) is 6.43. The molecule has 1 atom stereocenters. The fourth-order valence-corrected chi connectivity index (χ4v) is 3.15. The van der Waals surface area contributed by atoms with Gasteiger partial charge in [0.05, 0.1) is 12.2 Å². The fraction of sp³-hybridized carbons (Fsp3) is 0.200. The van der Waals surface area contributed by atoms with Gasteiger partial charge in [-0.25, -0.2) is 4.68 Å². The van der Waals surface area contributed by atoms with Crippen molar-refractivity contribution in [1.29, 1.82) is 0 Å². The van der Waals surface area contributed by atoms with Crippen molar-refractivity contribution in [2.75, 3.05) is 13.6 Å². The maximum atomic E-state index is 12.7. The SMILES string of the molecule is CN1CC(c2ccccc2)n2ncc(OCc3ccccc3)c2C1=O. The third kappa shape index (κ3) is 2.89. The van der Waals surface area contributed by atoms with Gasteiger partial charge < -0.3 is 9.64 Å². The van der Waals surface area contributed by atoms with Crippen molar-refractivity contribution in [3.05, 3.63) is 83.7 Å². The van der Waals surface area contributed by atoms with Crippen molar-refractivity contribution < 1.29 is 9.53 Å². The first-order chi connectivity index (χ1) is 12.2. The molecular formula is C20H19N3O2. The number of likely N-dealkylation sites (N-methyl/N-ethyl adjacent to an activating group) is 1. The van der Waals surface area contributed by atoms with Gasteiger partial charge in [-0.3, -0.25) is 4.79 Å². The van der Waals surface area contributed by atoms with Crippen LogP contribution in [0.15, 0.2) is 66.9 Å². The summed E-state index contributed by atoms with van der Waals surface area (Å²) in [6, 6.07) is 20.0. The van der Waals surface area contributed by atoms with Crippen molar-refractivity contribution in [1.82, 2.24) is 14.7 Å². The molecule has 0 bridgehead atoms. The van der Waals surface area contributed by atoms with Crippen molar-refractivity contribution in [2.45, 2.75) is 12.6 Å². The Balaban J connectivity index is 1.66. The third-order valence-electron chi connectivity index (χ3n) is 4.47. The van der Waals surface area contributed by atoms with E-state index < -0.39 is 0 Å². The minimum Gasteiger partial charge on any atom is -0.485 e. The van der Waals surface area contributed by atoms with Gasteiger partial charge in [-0.05, 0) is 11.1 Å². The van der Waals surface area contributed by atoms with E-state index in [1.807, 2.05) is 55.6 Å². The van der Waals surface area contributed by atoms with E-state index in [9.17, 15) is 4.79 Å². The van der Waals surface area contributed by atoms with Gasteiger partial charge in [0, 0.05) is 13.6 Å². The van der Waals surface area contributed by atoms with E-state index in [-0.39, 0.29) is 11.9 Å². The predicted octanol–water partition coefficient (Wildman–Crippen LogP) is 3.14. The molecule has 0 fully saturated rings. The number of hydrogen-bond acceptors (Lipinski definition) is 3. The third-order valence-corrected chi connectivity index (χ3v) is 4.47. The molecule has 0 N–H and O–H groups in total. The highest BCUT2D eigenvalue weighted by atomic mass is 16.5. The zero-order chi connectivity index (χ0) is 17.2. The lowest BCUT2D eigenvalue weighted by atomic mass is 10.0. The van der Waals surface area contributed by atoms with Crippen LogP contribution in [0.3, 0.4) is 0 Å². The maximum Gasteiger partial charge on any atom is 0.275 e. The zero-order valence-corrected chi connectivity index (χ0v) is 14.0. The number of ether oxygens (including phenoxy) is 1. The summed E-state index contributed by atoms with van der Waals surface area (Å²) < 4.78 is 7.69. The number of fused-ring (bicyclic) bond motifs is 1. The van der Waals surface area contributed by atoms with Crippen molar-refractivity contribution in [2.24, 2.45) is 0 Å². The molecule has 1 amide bonds. The molecule has 0 saturated carbocycles. The molecule has 4 rings (SSSR count). The van der Waals surface area contributed by atoms with Crippen LogP contribution in [-0.2, 0) is 6.61 Å². The number of rotatable bonds is 4. The Labute approximate surface area is 146 Å². The Hall–Kier alpha value is -3.08. The Kier molecular flexibility index (Phi) is 3.98. The summed E-state index contributed by atoms with van der Waals surface area (Å²) in [5, 5.41) is 4.46. The molecule has 0 aliphatic carbocycles. The Morgan fingerprint density at radius 2 is 1.76 bits per heavy atom. The normalized spacial score (nSPS) is 16.6. The lowest BCUT2D eigenvalue weighted by Gasteiger charge is -2.31. The Morgan fingerprint density at radius 1 is 1.08 bits per heavy atom. The van der Waals surface area contributed by atoms with Gasteiger partial charge in [-0.2, -0.15) is 5.10 Å². The number of benzene rings is 2. The summed E-state index contributed by atoms with van der Waals surface area (Å²) in [6.45, 7) is 1.00. The lowest BCUT2D eigenvalue weighted by Crippen LogP contribution is -2.41. The van der Waals surface area contributed by atoms with Gasteiger partial charge in [0.15, 0.2) is 11.4 Å². The van der Waals surface area contributed by atoms with Gasteiger partial charge in [0.1, 0.15) is 6.61 Å². The quantitative estimate of drug-likeness (QED) is 0.737. The summed E-state index contributed by atoms with van der Waals surface area (Å²) in [5.41, 5.74) is 2.69. The van der Waals surface area contributed by atoms with Gasteiger partial charge in [0.25, 0.3) is 5.91 Å². The summed E-state index contributed by atoms with van der Waals surface area (Å²) in [6.07, 6.45) is 1.64. The molecule has 5 heteroatoms. The standard InChI is InChI=1S/C20H19N3O2/c1-22-13-17(16-10-6-3-7-11-16)23-19(20(22)24)18(12-21-23)25-14-15-8-4-2-5-9-15/h2-12,17H,13-14H2,1H3. The number of amides is 1. The highest BCUT2D eigenvalue weighted by molar-refractivity contribution is 5.96. The smallest absolute Gasteiger partial charge is 0.275 e. The highest BCUT2D eigenvalue weighted by Gasteiger charge is 2.34. The van der Waals surface area contributed by atoms with Crippen LogP contribution in [0.1, 0.15) is 27.7 Å². The first kappa shape index (κ1) is 15.4. The Bertz CT molecular complexity index is 874. The second-order valence-corrected chi connectivity index (χ2v) is 6.19. The predicted molar refractivity (Wildman–Crippen MR) is 94.5 cm³/mol. The summed E-state index contributed by atoms with van der Waals surface area (Å²) in [7, 11) is 1.82. The number of hydrogen-bond donors (Lipinski definition) is 0. The van der Waals surface area contributed by atoms with E-state index in [1.165, 1.54) is 0 Å². The van der Waals surface area contributed by atoms with Gasteiger partial charge >= 0.3 is 0 Å². The molecule has 5 nitrogen and oxygen atoms in total. The van der Waals surface area contributed by atoms with Crippen molar-refractivity contribution in [3.63, 3.8) is 0 Å². The monoisotopic (exact) mass is 333 g/mol. The Morgan fingerprint density at radius 3 is 2.48 bits per heavy atom. The molecule has 2 aromatic carbocycles. The number of carbonyl (C=O) groups is 1. The minimum atomic E-state index is -0.0623. The van der Waals surface area contributed by atoms with Crippen LogP contribution >= 0.6 is 0 Å². The number of carbonyl (C=O) groups excluding carboxylic acids is 1. The molecule has 3 aromatic rings. The zero-order valence-electron chi connectivity index (χ0n) is 14.0. The molecule has 1 aromatic heterocycles. The van der Waals surface area contributed by atoms with Gasteiger partial charge in [0.2, 0.25) is 0 Å². The van der Waals surface area contributed by atoms with E-state index in [1.54, 1.807) is 15.8 Å². The topological polar surface area (TPSA) is 47.4 Å². The molecule has 1 unspecified atom stereocenters. The van der Waals surface area contributed by atoms with Gasteiger partial charge in [-0.1, -0.05) is 60.7 Å². The second-order valence-electron chi connectivity index (χ2n) is 6.19. The van der Waals surface area contributed by atoms with E-state index in [2.05, 4.69) is 17.2 Å². The molecule has 2 heterocycles. The summed E-state index contributed by atoms with van der Waals surface area (Å²) >= 11 is 0. The molecule has 1 aliphatic heterocycles. The molecule has 25 heavy (non-hydrogen) atoms. The maximum absolute atomic E-state index is 12.7. The molecule has 0 radical (unpaired) electrons. The van der Waals surface area contributed by atoms with Crippen LogP contribution < -0.4 is 4.74 Å². The fourth-order valence-electron chi connectivity index (χ4n) is 3.15. The van der Waals surface area contributed by atoms with E-state index in [0.717, 1.165) is 11.1 Å². The van der Waals surface area contributed by atoms with Crippen molar-refractivity contribution >= 4 is 5.91 Å². The molecule has 0 spiro atoms. The average Bonchev–Trinajstić information content (AvgIpc) is 3.09. The first-order valence-electron chi connectivity index (χ1n) is 8.28. The molecular weight excluding hydrogens is 314 g/mol. The first-order valence-corrected chi connectivity index (χ1v) is 8.28. The van der Waals surface area contributed by atoms with E-state index in [0.29, 0.717) is 24.6 Å².